The summed E-state index contributed by atoms with van der Waals surface area (Å²) in [6, 6.07) is 4.70. The maximum atomic E-state index is 13.2. The zero-order valence-electron chi connectivity index (χ0n) is 19.1. The fourth-order valence-electron chi connectivity index (χ4n) is 5.15. The van der Waals surface area contributed by atoms with Gasteiger partial charge < -0.3 is 9.32 Å². The molecule has 33 heavy (non-hydrogen) atoms. The van der Waals surface area contributed by atoms with Crippen LogP contribution in [-0.4, -0.2) is 34.1 Å². The molecule has 0 bridgehead atoms. The molecular formula is C25H32F3N3O2. The molecule has 2 heterocycles. The van der Waals surface area contributed by atoms with E-state index in [1.54, 1.807) is 0 Å². The first-order chi connectivity index (χ1) is 15.8. The number of rotatable bonds is 6. The predicted molar refractivity (Wildman–Crippen MR) is 118 cm³/mol. The van der Waals surface area contributed by atoms with Gasteiger partial charge >= 0.3 is 6.18 Å². The van der Waals surface area contributed by atoms with Gasteiger partial charge in [0.1, 0.15) is 0 Å². The second-order valence-corrected chi connectivity index (χ2v) is 9.50. The van der Waals surface area contributed by atoms with Crippen LogP contribution in [-0.2, 0) is 11.0 Å². The average Bonchev–Trinajstić information content (AvgIpc) is 3.33. The van der Waals surface area contributed by atoms with Crippen molar-refractivity contribution in [3.63, 3.8) is 0 Å². The molecule has 180 valence electrons. The van der Waals surface area contributed by atoms with Crippen LogP contribution in [0.5, 0.6) is 0 Å². The fourth-order valence-corrected chi connectivity index (χ4v) is 5.15. The molecule has 1 aromatic heterocycles. The van der Waals surface area contributed by atoms with E-state index in [-0.39, 0.29) is 23.6 Å². The Bertz CT molecular complexity index is 918. The van der Waals surface area contributed by atoms with Crippen molar-refractivity contribution in [1.29, 1.82) is 0 Å². The Labute approximate surface area is 192 Å². The molecule has 2 fully saturated rings. The first-order valence-electron chi connectivity index (χ1n) is 12.1. The van der Waals surface area contributed by atoms with E-state index in [9.17, 15) is 18.0 Å². The van der Waals surface area contributed by atoms with Crippen LogP contribution < -0.4 is 0 Å². The number of hydrogen-bond acceptors (Lipinski definition) is 4. The van der Waals surface area contributed by atoms with E-state index in [0.29, 0.717) is 18.0 Å². The average molecular weight is 464 g/mol. The van der Waals surface area contributed by atoms with Crippen LogP contribution in [0.25, 0.3) is 11.5 Å². The van der Waals surface area contributed by atoms with Crippen LogP contribution in [0.1, 0.15) is 82.1 Å². The number of alkyl halides is 3. The Hall–Kier alpha value is -2.38. The summed E-state index contributed by atoms with van der Waals surface area (Å²) < 4.78 is 44.2. The molecule has 2 aromatic rings. The van der Waals surface area contributed by atoms with Gasteiger partial charge in [-0.25, -0.2) is 0 Å². The summed E-state index contributed by atoms with van der Waals surface area (Å²) in [5.41, 5.74) is -0.267. The third-order valence-electron chi connectivity index (χ3n) is 7.14. The van der Waals surface area contributed by atoms with Crippen LogP contribution in [0.4, 0.5) is 13.2 Å². The molecule has 1 unspecified atom stereocenters. The standard InChI is InChI=1S/C25H32F3N3O2/c1-2-3-5-17-7-9-19(10-8-17)24(32)31-15-4-6-20(16-31)23-30-29-22(33-23)18-11-13-21(14-12-18)25(26,27)28/h11-14,17,19-20H,2-10,15-16H2,1H3. The quantitative estimate of drug-likeness (QED) is 0.493. The lowest BCUT2D eigenvalue weighted by Gasteiger charge is -2.36. The van der Waals surface area contributed by atoms with Crippen LogP contribution in [0.15, 0.2) is 28.7 Å². The molecule has 5 nitrogen and oxygen atoms in total. The molecule has 1 amide bonds. The number of halogens is 3. The third kappa shape index (κ3) is 5.76. The van der Waals surface area contributed by atoms with Gasteiger partial charge in [0.25, 0.3) is 0 Å². The van der Waals surface area contributed by atoms with Gasteiger partial charge in [-0.2, -0.15) is 13.2 Å². The van der Waals surface area contributed by atoms with E-state index in [4.69, 9.17) is 4.42 Å². The minimum Gasteiger partial charge on any atom is -0.420 e. The van der Waals surface area contributed by atoms with Gasteiger partial charge in [0.15, 0.2) is 0 Å². The highest BCUT2D eigenvalue weighted by molar-refractivity contribution is 5.79. The summed E-state index contributed by atoms with van der Waals surface area (Å²) in [6.45, 7) is 3.53. The number of nitrogens with zero attached hydrogens (tertiary/aromatic N) is 3. The monoisotopic (exact) mass is 463 g/mol. The largest absolute Gasteiger partial charge is 0.420 e. The summed E-state index contributed by atoms with van der Waals surface area (Å²) in [4.78, 5) is 15.1. The molecule has 1 saturated heterocycles. The van der Waals surface area contributed by atoms with Gasteiger partial charge in [0.05, 0.1) is 11.5 Å². The molecule has 1 atom stereocenters. The number of carbonyl (C=O) groups is 1. The maximum Gasteiger partial charge on any atom is 0.416 e. The topological polar surface area (TPSA) is 59.2 Å². The van der Waals surface area contributed by atoms with Crippen LogP contribution in [0, 0.1) is 11.8 Å². The van der Waals surface area contributed by atoms with Gasteiger partial charge in [-0.1, -0.05) is 26.2 Å². The number of likely N-dealkylation sites (tertiary alicyclic amines) is 1. The van der Waals surface area contributed by atoms with Gasteiger partial charge in [-0.15, -0.1) is 10.2 Å². The molecule has 0 N–H and O–H groups in total. The highest BCUT2D eigenvalue weighted by atomic mass is 19.4. The normalized spacial score (nSPS) is 24.1. The Morgan fingerprint density at radius 1 is 1.09 bits per heavy atom. The Morgan fingerprint density at radius 3 is 2.48 bits per heavy atom. The summed E-state index contributed by atoms with van der Waals surface area (Å²) in [7, 11) is 0. The molecule has 4 rings (SSSR count). The SMILES string of the molecule is CCCCC1CCC(C(=O)N2CCCC(c3nnc(-c4ccc(C(F)(F)F)cc4)o3)C2)CC1. The lowest BCUT2D eigenvalue weighted by Crippen LogP contribution is -2.43. The summed E-state index contributed by atoms with van der Waals surface area (Å²) in [5.74, 6) is 1.74. The van der Waals surface area contributed by atoms with Crippen LogP contribution in [0.2, 0.25) is 0 Å². The van der Waals surface area contributed by atoms with Gasteiger partial charge in [0, 0.05) is 24.6 Å². The third-order valence-corrected chi connectivity index (χ3v) is 7.14. The van der Waals surface area contributed by atoms with Crippen molar-refractivity contribution in [1.82, 2.24) is 15.1 Å². The van der Waals surface area contributed by atoms with Crippen molar-refractivity contribution in [3.05, 3.63) is 35.7 Å². The highest BCUT2D eigenvalue weighted by Crippen LogP contribution is 2.35. The van der Waals surface area contributed by atoms with Gasteiger partial charge in [0.2, 0.25) is 17.7 Å². The van der Waals surface area contributed by atoms with Gasteiger partial charge in [-0.05, 0) is 68.7 Å². The van der Waals surface area contributed by atoms with Crippen molar-refractivity contribution in [2.24, 2.45) is 11.8 Å². The van der Waals surface area contributed by atoms with E-state index in [1.165, 1.54) is 31.4 Å². The first kappa shape index (κ1) is 23.8. The first-order valence-corrected chi connectivity index (χ1v) is 12.1. The smallest absolute Gasteiger partial charge is 0.416 e. The minimum atomic E-state index is -4.38. The van der Waals surface area contributed by atoms with Crippen molar-refractivity contribution in [2.75, 3.05) is 13.1 Å². The molecule has 1 aliphatic heterocycles. The molecular weight excluding hydrogens is 431 g/mol. The molecule has 0 spiro atoms. The van der Waals surface area contributed by atoms with Crippen molar-refractivity contribution < 1.29 is 22.4 Å². The minimum absolute atomic E-state index is 0.0423. The molecule has 0 radical (unpaired) electrons. The van der Waals surface area contributed by atoms with E-state index in [0.717, 1.165) is 63.1 Å². The summed E-state index contributed by atoms with van der Waals surface area (Å²) in [5, 5.41) is 8.20. The van der Waals surface area contributed by atoms with E-state index >= 15 is 0 Å². The number of hydrogen-bond donors (Lipinski definition) is 0. The van der Waals surface area contributed by atoms with E-state index in [1.807, 2.05) is 4.90 Å². The second-order valence-electron chi connectivity index (χ2n) is 9.50. The number of carbonyl (C=O) groups excluding carboxylic acids is 1. The van der Waals surface area contributed by atoms with E-state index < -0.39 is 11.7 Å². The van der Waals surface area contributed by atoms with Crippen LogP contribution in [0.3, 0.4) is 0 Å². The lowest BCUT2D eigenvalue weighted by atomic mass is 9.79. The number of amides is 1. The summed E-state index contributed by atoms with van der Waals surface area (Å²) >= 11 is 0. The number of benzene rings is 1. The fraction of sp³-hybridized carbons (Fsp3) is 0.640. The lowest BCUT2D eigenvalue weighted by molar-refractivity contribution is -0.138. The molecule has 1 aliphatic carbocycles. The molecule has 1 aromatic carbocycles. The van der Waals surface area contributed by atoms with Crippen LogP contribution >= 0.6 is 0 Å². The Kier molecular flexibility index (Phi) is 7.39. The molecule has 8 heteroatoms. The number of unbranched alkanes of at least 4 members (excludes halogenated alkanes) is 1. The van der Waals surface area contributed by atoms with Gasteiger partial charge in [-0.3, -0.25) is 4.79 Å². The Morgan fingerprint density at radius 2 is 1.82 bits per heavy atom. The zero-order valence-corrected chi connectivity index (χ0v) is 19.1. The Balaban J connectivity index is 1.35. The second kappa shape index (κ2) is 10.3. The van der Waals surface area contributed by atoms with Crippen molar-refractivity contribution in [3.8, 4) is 11.5 Å². The van der Waals surface area contributed by atoms with E-state index in [2.05, 4.69) is 17.1 Å². The molecule has 1 saturated carbocycles. The summed E-state index contributed by atoms with van der Waals surface area (Å²) in [6.07, 6.45) is 5.37. The molecule has 2 aliphatic rings. The van der Waals surface area contributed by atoms with Crippen molar-refractivity contribution in [2.45, 2.75) is 76.8 Å². The zero-order chi connectivity index (χ0) is 23.4. The maximum absolute atomic E-state index is 13.2. The van der Waals surface area contributed by atoms with Crippen molar-refractivity contribution >= 4 is 5.91 Å². The number of aromatic nitrogens is 2. The number of piperidine rings is 1. The highest BCUT2D eigenvalue weighted by Gasteiger charge is 2.34. The predicted octanol–water partition coefficient (Wildman–Crippen LogP) is 6.46.